The molecule has 2 heterocycles. The smallest absolute Gasteiger partial charge is 0.382 e. The zero-order valence-electron chi connectivity index (χ0n) is 20.3. The summed E-state index contributed by atoms with van der Waals surface area (Å²) in [7, 11) is 0. The summed E-state index contributed by atoms with van der Waals surface area (Å²) < 4.78 is 42.2. The number of aromatic nitrogens is 6. The fourth-order valence-corrected chi connectivity index (χ4v) is 4.10. The van der Waals surface area contributed by atoms with E-state index in [-0.39, 0.29) is 24.0 Å². The molecule has 200 valence electrons. The van der Waals surface area contributed by atoms with Gasteiger partial charge in [-0.25, -0.2) is 19.1 Å². The number of para-hydroxylation sites is 1. The van der Waals surface area contributed by atoms with E-state index in [0.29, 0.717) is 27.3 Å². The highest BCUT2D eigenvalue weighted by Crippen LogP contribution is 2.25. The average Bonchev–Trinajstić information content (AvgIpc) is 3.40. The van der Waals surface area contributed by atoms with E-state index in [1.165, 1.54) is 28.9 Å². The van der Waals surface area contributed by atoms with E-state index in [1.807, 2.05) is 32.0 Å². The second-order valence-electron chi connectivity index (χ2n) is 8.50. The van der Waals surface area contributed by atoms with Crippen molar-refractivity contribution < 1.29 is 23.1 Å². The molecule has 0 aliphatic rings. The van der Waals surface area contributed by atoms with Crippen molar-refractivity contribution in [1.82, 2.24) is 29.1 Å². The molecule has 0 unspecified atom stereocenters. The minimum Gasteiger partial charge on any atom is -0.382 e. The minimum atomic E-state index is -4.96. The van der Waals surface area contributed by atoms with Gasteiger partial charge >= 0.3 is 11.9 Å². The maximum atomic E-state index is 13.2. The second-order valence-corrected chi connectivity index (χ2v) is 8.94. The third-order valence-corrected chi connectivity index (χ3v) is 6.09. The first-order chi connectivity index (χ1) is 17.9. The van der Waals surface area contributed by atoms with E-state index >= 15 is 0 Å². The van der Waals surface area contributed by atoms with Crippen LogP contribution in [0.1, 0.15) is 34.5 Å². The van der Waals surface area contributed by atoms with E-state index in [4.69, 9.17) is 17.3 Å². The Balaban J connectivity index is 1.81. The molecular weight excluding hydrogens is 527 g/mol. The summed E-state index contributed by atoms with van der Waals surface area (Å²) >= 11 is 5.91. The number of nitrogens with zero attached hydrogens (tertiary/aromatic N) is 6. The largest absolute Gasteiger partial charge is 0.416 e. The van der Waals surface area contributed by atoms with Crippen LogP contribution in [0.5, 0.6) is 0 Å². The highest BCUT2D eigenvalue weighted by Gasteiger charge is 2.39. The molecule has 0 radical (unpaired) electrons. The van der Waals surface area contributed by atoms with E-state index in [2.05, 4.69) is 15.2 Å². The number of hydrogen-bond acceptors (Lipinski definition) is 6. The number of aryl methyl sites for hydroxylation is 2. The molecular formula is C24H23ClF3N7O3. The topological polar surface area (TPSA) is 134 Å². The van der Waals surface area contributed by atoms with Crippen LogP contribution in [-0.2, 0) is 19.5 Å². The van der Waals surface area contributed by atoms with Gasteiger partial charge in [0, 0.05) is 10.6 Å². The molecule has 0 saturated heterocycles. The van der Waals surface area contributed by atoms with Crippen molar-refractivity contribution in [3.05, 3.63) is 80.7 Å². The number of alkyl halides is 3. The van der Waals surface area contributed by atoms with Gasteiger partial charge in [-0.15, -0.1) is 10.2 Å². The molecule has 1 amide bonds. The summed E-state index contributed by atoms with van der Waals surface area (Å²) in [6.45, 7) is 2.30. The maximum Gasteiger partial charge on any atom is 0.416 e. The Labute approximate surface area is 219 Å². The third-order valence-electron chi connectivity index (χ3n) is 5.84. The summed E-state index contributed by atoms with van der Waals surface area (Å²) in [5, 5.41) is 18.6. The molecule has 3 N–H and O–H groups in total. The fourth-order valence-electron chi connectivity index (χ4n) is 3.98. The molecule has 2 aromatic heterocycles. The number of aliphatic hydroxyl groups excluding tert-OH is 1. The number of carbonyl (C=O) groups excluding carboxylic acids is 1. The molecule has 0 bridgehead atoms. The van der Waals surface area contributed by atoms with E-state index < -0.39 is 30.4 Å². The van der Waals surface area contributed by atoms with Crippen LogP contribution in [0.4, 0.5) is 13.2 Å². The van der Waals surface area contributed by atoms with Gasteiger partial charge in [0.25, 0.3) is 5.91 Å². The number of carbonyl (C=O) groups is 1. The van der Waals surface area contributed by atoms with Gasteiger partial charge < -0.3 is 10.8 Å². The lowest BCUT2D eigenvalue weighted by molar-refractivity contribution is -0.207. The predicted molar refractivity (Wildman–Crippen MR) is 132 cm³/mol. The lowest BCUT2D eigenvalue weighted by Crippen LogP contribution is -2.37. The van der Waals surface area contributed by atoms with Crippen molar-refractivity contribution in [2.75, 3.05) is 0 Å². The predicted octanol–water partition coefficient (Wildman–Crippen LogP) is 2.89. The standard InChI is InChI=1S/C24H23ClF3N7O3/c1-3-14-6-4-5-13(2)19(14)35-22(20(29)37)30-18(31-35)12-34-23(38)33(11-17(36)24(26,27)28)21(32-34)15-7-9-16(25)10-8-15/h4-10,17,36H,3,11-12H2,1-2H3,(H2,29,37)/t17-/m0/s1. The van der Waals surface area contributed by atoms with Crippen LogP contribution in [0, 0.1) is 6.92 Å². The average molecular weight is 550 g/mol. The number of nitrogens with two attached hydrogens (primary N) is 1. The Kier molecular flexibility index (Phi) is 7.42. The molecule has 4 rings (SSSR count). The summed E-state index contributed by atoms with van der Waals surface area (Å²) in [4.78, 5) is 29.5. The lowest BCUT2D eigenvalue weighted by atomic mass is 10.1. The molecule has 0 saturated carbocycles. The van der Waals surface area contributed by atoms with Crippen molar-refractivity contribution in [3.8, 4) is 17.1 Å². The number of rotatable bonds is 8. The SMILES string of the molecule is CCc1cccc(C)c1-n1nc(Cn2nc(-c3ccc(Cl)cc3)n(C[C@H](O)C(F)(F)F)c2=O)nc1C(N)=O. The Hall–Kier alpha value is -3.97. The van der Waals surface area contributed by atoms with Crippen LogP contribution in [0.2, 0.25) is 5.02 Å². The van der Waals surface area contributed by atoms with Crippen LogP contribution in [0.3, 0.4) is 0 Å². The van der Waals surface area contributed by atoms with Crippen LogP contribution >= 0.6 is 11.6 Å². The Morgan fingerprint density at radius 2 is 1.84 bits per heavy atom. The highest BCUT2D eigenvalue weighted by molar-refractivity contribution is 6.30. The Bertz CT molecular complexity index is 1540. The van der Waals surface area contributed by atoms with Crippen LogP contribution in [-0.4, -0.2) is 52.4 Å². The molecule has 1 atom stereocenters. The van der Waals surface area contributed by atoms with Crippen molar-refractivity contribution in [1.29, 1.82) is 0 Å². The number of benzene rings is 2. The van der Waals surface area contributed by atoms with Gasteiger partial charge in [0.2, 0.25) is 5.82 Å². The monoisotopic (exact) mass is 549 g/mol. The van der Waals surface area contributed by atoms with Gasteiger partial charge in [0.15, 0.2) is 17.8 Å². The Morgan fingerprint density at radius 1 is 1.16 bits per heavy atom. The second kappa shape index (κ2) is 10.4. The van der Waals surface area contributed by atoms with Gasteiger partial charge in [-0.2, -0.15) is 13.2 Å². The fraction of sp³-hybridized carbons (Fsp3) is 0.292. The van der Waals surface area contributed by atoms with Gasteiger partial charge in [-0.05, 0) is 48.7 Å². The molecule has 0 spiro atoms. The summed E-state index contributed by atoms with van der Waals surface area (Å²) in [6.07, 6.45) is -7.14. The van der Waals surface area contributed by atoms with Crippen LogP contribution in [0.25, 0.3) is 17.1 Å². The molecule has 0 aliphatic carbocycles. The normalized spacial score (nSPS) is 12.6. The number of halogens is 4. The van der Waals surface area contributed by atoms with Gasteiger partial charge in [0.05, 0.1) is 12.2 Å². The van der Waals surface area contributed by atoms with E-state index in [0.717, 1.165) is 15.8 Å². The van der Waals surface area contributed by atoms with Crippen molar-refractivity contribution in [2.24, 2.45) is 5.73 Å². The summed E-state index contributed by atoms with van der Waals surface area (Å²) in [5.41, 5.74) is 7.18. The zero-order chi connectivity index (χ0) is 27.8. The summed E-state index contributed by atoms with van der Waals surface area (Å²) in [5.74, 6) is -1.18. The highest BCUT2D eigenvalue weighted by atomic mass is 35.5. The zero-order valence-corrected chi connectivity index (χ0v) is 21.0. The van der Waals surface area contributed by atoms with Crippen LogP contribution < -0.4 is 11.4 Å². The summed E-state index contributed by atoms with van der Waals surface area (Å²) in [6, 6.07) is 11.5. The van der Waals surface area contributed by atoms with Crippen molar-refractivity contribution in [2.45, 2.75) is 45.6 Å². The number of primary amides is 1. The number of amides is 1. The molecule has 38 heavy (non-hydrogen) atoms. The molecule has 14 heteroatoms. The van der Waals surface area contributed by atoms with Crippen molar-refractivity contribution >= 4 is 17.5 Å². The number of hydrogen-bond donors (Lipinski definition) is 2. The first kappa shape index (κ1) is 27.1. The van der Waals surface area contributed by atoms with Gasteiger partial charge in [-0.1, -0.05) is 36.7 Å². The molecule has 2 aromatic carbocycles. The van der Waals surface area contributed by atoms with Crippen molar-refractivity contribution in [3.63, 3.8) is 0 Å². The van der Waals surface area contributed by atoms with E-state index in [1.54, 1.807) is 0 Å². The first-order valence-electron chi connectivity index (χ1n) is 11.4. The van der Waals surface area contributed by atoms with Gasteiger partial charge in [0.1, 0.15) is 6.54 Å². The first-order valence-corrected chi connectivity index (χ1v) is 11.8. The quantitative estimate of drug-likeness (QED) is 0.347. The maximum absolute atomic E-state index is 13.2. The molecule has 0 aliphatic heterocycles. The van der Waals surface area contributed by atoms with Crippen LogP contribution in [0.15, 0.2) is 47.3 Å². The van der Waals surface area contributed by atoms with E-state index in [9.17, 15) is 27.9 Å². The molecule has 10 nitrogen and oxygen atoms in total. The van der Waals surface area contributed by atoms with Gasteiger partial charge in [-0.3, -0.25) is 9.36 Å². The minimum absolute atomic E-state index is 0.0186. The third kappa shape index (κ3) is 5.34. The lowest BCUT2D eigenvalue weighted by Gasteiger charge is -2.15. The molecule has 0 fully saturated rings. The Morgan fingerprint density at radius 3 is 2.45 bits per heavy atom. The molecule has 4 aromatic rings. The number of aliphatic hydroxyl groups is 1.